The third kappa shape index (κ3) is 4.80. The fraction of sp³-hybridized carbons (Fsp3) is 0.381. The summed E-state index contributed by atoms with van der Waals surface area (Å²) >= 11 is 0. The van der Waals surface area contributed by atoms with E-state index >= 15 is 0 Å². The highest BCUT2D eigenvalue weighted by atomic mass is 19.4. The van der Waals surface area contributed by atoms with E-state index in [0.29, 0.717) is 24.2 Å². The van der Waals surface area contributed by atoms with Crippen molar-refractivity contribution < 1.29 is 25.8 Å². The SMILES string of the molecule is [2H]C([2H])(O)c1nc(CCc2cnn(Cc3ccc(C(F)(F)F)nc3)c2)nc2c1NC(=O)[C@H](C)N2C. The fourth-order valence-corrected chi connectivity index (χ4v) is 3.39. The van der Waals surface area contributed by atoms with E-state index in [1.165, 1.54) is 6.07 Å². The maximum atomic E-state index is 12.7. The van der Waals surface area contributed by atoms with Crippen LogP contribution < -0.4 is 10.2 Å². The number of nitrogens with one attached hydrogen (secondary N) is 1. The summed E-state index contributed by atoms with van der Waals surface area (Å²) in [6, 6.07) is 1.73. The molecule has 1 atom stereocenters. The minimum Gasteiger partial charge on any atom is -0.390 e. The molecule has 0 bridgehead atoms. The Morgan fingerprint density at radius 2 is 2.00 bits per heavy atom. The van der Waals surface area contributed by atoms with Crippen LogP contribution in [0, 0.1) is 0 Å². The van der Waals surface area contributed by atoms with Gasteiger partial charge in [-0.3, -0.25) is 14.5 Å². The van der Waals surface area contributed by atoms with Crippen LogP contribution in [0.5, 0.6) is 0 Å². The number of aliphatic hydroxyl groups is 1. The highest BCUT2D eigenvalue weighted by Gasteiger charge is 2.32. The van der Waals surface area contributed by atoms with E-state index in [9.17, 15) is 23.1 Å². The van der Waals surface area contributed by atoms with Gasteiger partial charge in [-0.2, -0.15) is 18.3 Å². The molecular formula is C21H22F3N7O2. The van der Waals surface area contributed by atoms with Crippen molar-refractivity contribution in [3.05, 3.63) is 59.1 Å². The summed E-state index contributed by atoms with van der Waals surface area (Å²) in [5, 5.41) is 16.8. The molecule has 1 amide bonds. The lowest BCUT2D eigenvalue weighted by atomic mass is 10.1. The molecule has 0 saturated heterocycles. The molecule has 0 spiro atoms. The van der Waals surface area contributed by atoms with Crippen LogP contribution in [-0.4, -0.2) is 48.8 Å². The lowest BCUT2D eigenvalue weighted by Crippen LogP contribution is -2.45. The fourth-order valence-electron chi connectivity index (χ4n) is 3.39. The van der Waals surface area contributed by atoms with Gasteiger partial charge in [0, 0.05) is 25.9 Å². The smallest absolute Gasteiger partial charge is 0.390 e. The molecule has 0 saturated carbocycles. The van der Waals surface area contributed by atoms with Crippen LogP contribution in [0.3, 0.4) is 0 Å². The van der Waals surface area contributed by atoms with Crippen molar-refractivity contribution in [3.8, 4) is 0 Å². The Bertz CT molecular complexity index is 1240. The maximum Gasteiger partial charge on any atom is 0.433 e. The van der Waals surface area contributed by atoms with Crippen LogP contribution in [0.1, 0.15) is 38.0 Å². The van der Waals surface area contributed by atoms with Gasteiger partial charge in [-0.05, 0) is 30.5 Å². The van der Waals surface area contributed by atoms with E-state index in [1.807, 2.05) is 0 Å². The number of rotatable bonds is 6. The van der Waals surface area contributed by atoms with E-state index in [1.54, 1.807) is 35.9 Å². The van der Waals surface area contributed by atoms with Gasteiger partial charge in [-0.1, -0.05) is 6.07 Å². The lowest BCUT2D eigenvalue weighted by Gasteiger charge is -2.32. The Balaban J connectivity index is 1.49. The predicted octanol–water partition coefficient (Wildman–Crippen LogP) is 2.19. The van der Waals surface area contributed by atoms with Crippen molar-refractivity contribution in [2.75, 3.05) is 17.3 Å². The summed E-state index contributed by atoms with van der Waals surface area (Å²) in [4.78, 5) is 25.8. The zero-order valence-corrected chi connectivity index (χ0v) is 17.8. The Morgan fingerprint density at radius 3 is 2.67 bits per heavy atom. The second kappa shape index (κ2) is 8.77. The quantitative estimate of drug-likeness (QED) is 0.577. The van der Waals surface area contributed by atoms with Crippen LogP contribution >= 0.6 is 0 Å². The van der Waals surface area contributed by atoms with E-state index in [0.717, 1.165) is 17.8 Å². The number of pyridine rings is 1. The molecule has 4 heterocycles. The van der Waals surface area contributed by atoms with Gasteiger partial charge < -0.3 is 15.3 Å². The molecule has 174 valence electrons. The van der Waals surface area contributed by atoms with Gasteiger partial charge >= 0.3 is 6.18 Å². The van der Waals surface area contributed by atoms with E-state index in [-0.39, 0.29) is 29.7 Å². The Morgan fingerprint density at radius 1 is 1.21 bits per heavy atom. The topological polar surface area (TPSA) is 109 Å². The van der Waals surface area contributed by atoms with Crippen molar-refractivity contribution in [1.82, 2.24) is 24.7 Å². The van der Waals surface area contributed by atoms with Gasteiger partial charge in [-0.15, -0.1) is 0 Å². The number of hydrogen-bond donors (Lipinski definition) is 2. The minimum atomic E-state index is -4.50. The molecule has 1 aliphatic heterocycles. The van der Waals surface area contributed by atoms with Gasteiger partial charge in [0.15, 0.2) is 5.82 Å². The third-order valence-corrected chi connectivity index (χ3v) is 5.37. The van der Waals surface area contributed by atoms with E-state index < -0.39 is 24.5 Å². The molecule has 0 aromatic carbocycles. The first-order valence-corrected chi connectivity index (χ1v) is 10.0. The molecular weight excluding hydrogens is 439 g/mol. The van der Waals surface area contributed by atoms with Crippen molar-refractivity contribution >= 4 is 17.4 Å². The monoisotopic (exact) mass is 463 g/mol. The summed E-state index contributed by atoms with van der Waals surface area (Å²) in [6.45, 7) is -0.886. The standard InChI is InChI=1S/C21H22F3N7O2/c1-12-20(33)29-18-15(11-32)27-17(28-19(18)30(12)2)6-4-14-8-26-31(10-14)9-13-3-5-16(25-7-13)21(22,23)24/h3,5,7-8,10,12,32H,4,6,9,11H2,1-2H3,(H,29,33)/t12-/m0/s1/i11D2. The molecule has 3 aromatic rings. The average Bonchev–Trinajstić information content (AvgIpc) is 3.22. The van der Waals surface area contributed by atoms with Crippen molar-refractivity contribution in [3.63, 3.8) is 0 Å². The van der Waals surface area contributed by atoms with Gasteiger partial charge in [0.05, 0.1) is 27.7 Å². The summed E-state index contributed by atoms with van der Waals surface area (Å²) in [7, 11) is 1.65. The number of likely N-dealkylation sites (N-methyl/N-ethyl adjacent to an activating group) is 1. The summed E-state index contributed by atoms with van der Waals surface area (Å²) in [5.41, 5.74) is 0.105. The highest BCUT2D eigenvalue weighted by Crippen LogP contribution is 2.32. The molecule has 0 unspecified atom stereocenters. The molecule has 0 aliphatic carbocycles. The molecule has 1 aliphatic rings. The molecule has 3 aromatic heterocycles. The molecule has 12 heteroatoms. The summed E-state index contributed by atoms with van der Waals surface area (Å²) < 4.78 is 55.0. The number of fused-ring (bicyclic) bond motifs is 1. The van der Waals surface area contributed by atoms with Gasteiger partial charge in [0.2, 0.25) is 5.91 Å². The second-order valence-corrected chi connectivity index (χ2v) is 7.67. The summed E-state index contributed by atoms with van der Waals surface area (Å²) in [5.74, 6) is 0.213. The number of halogens is 3. The average molecular weight is 463 g/mol. The van der Waals surface area contributed by atoms with Crippen LogP contribution in [0.25, 0.3) is 0 Å². The zero-order chi connectivity index (χ0) is 25.5. The maximum absolute atomic E-state index is 12.7. The number of anilines is 2. The van der Waals surface area contributed by atoms with E-state index in [2.05, 4.69) is 25.4 Å². The van der Waals surface area contributed by atoms with Crippen LogP contribution in [0.4, 0.5) is 24.7 Å². The molecule has 2 N–H and O–H groups in total. The number of carbonyl (C=O) groups excluding carboxylic acids is 1. The molecule has 9 nitrogen and oxygen atoms in total. The predicted molar refractivity (Wildman–Crippen MR) is 112 cm³/mol. The molecule has 0 radical (unpaired) electrons. The minimum absolute atomic E-state index is 0.0322. The molecule has 0 fully saturated rings. The number of amides is 1. The lowest BCUT2D eigenvalue weighted by molar-refractivity contribution is -0.141. The second-order valence-electron chi connectivity index (χ2n) is 7.67. The first-order valence-electron chi connectivity index (χ1n) is 11.0. The summed E-state index contributed by atoms with van der Waals surface area (Å²) in [6.07, 6.45) is 0.729. The van der Waals surface area contributed by atoms with Gasteiger partial charge in [0.1, 0.15) is 23.2 Å². The highest BCUT2D eigenvalue weighted by molar-refractivity contribution is 6.02. The third-order valence-electron chi connectivity index (χ3n) is 5.37. The number of aromatic nitrogens is 5. The first kappa shape index (κ1) is 20.1. The van der Waals surface area contributed by atoms with Crippen LogP contribution in [0.15, 0.2) is 30.7 Å². The van der Waals surface area contributed by atoms with Gasteiger partial charge in [0.25, 0.3) is 0 Å². The van der Waals surface area contributed by atoms with Crippen LogP contribution in [-0.2, 0) is 36.9 Å². The van der Waals surface area contributed by atoms with E-state index in [4.69, 9.17) is 2.74 Å². The number of hydrogen-bond acceptors (Lipinski definition) is 7. The number of carbonyl (C=O) groups is 1. The van der Waals surface area contributed by atoms with Crippen LogP contribution in [0.2, 0.25) is 0 Å². The number of alkyl halides is 3. The normalized spacial score (nSPS) is 17.3. The number of nitrogens with zero attached hydrogens (tertiary/aromatic N) is 6. The van der Waals surface area contributed by atoms with Crippen molar-refractivity contribution in [1.29, 1.82) is 0 Å². The Kier molecular flexibility index (Phi) is 5.34. The molecule has 4 rings (SSSR count). The first-order chi connectivity index (χ1) is 16.3. The number of aryl methyl sites for hydroxylation is 2. The Hall–Kier alpha value is -3.54. The Labute approximate surface area is 190 Å². The van der Waals surface area contributed by atoms with Gasteiger partial charge in [-0.25, -0.2) is 9.97 Å². The zero-order valence-electron chi connectivity index (χ0n) is 19.8. The van der Waals surface area contributed by atoms with Crippen molar-refractivity contribution in [2.24, 2.45) is 0 Å². The largest absolute Gasteiger partial charge is 0.433 e. The molecule has 33 heavy (non-hydrogen) atoms. The van der Waals surface area contributed by atoms with Crippen molar-refractivity contribution in [2.45, 2.75) is 45.1 Å².